The minimum atomic E-state index is -1.03. The first-order valence-corrected chi connectivity index (χ1v) is 2.70. The van der Waals surface area contributed by atoms with E-state index >= 15 is 0 Å². The zero-order valence-corrected chi connectivity index (χ0v) is 5.92. The van der Waals surface area contributed by atoms with Gasteiger partial charge >= 0.3 is 11.9 Å². The number of carbonyl (C=O) groups is 2. The minimum Gasteiger partial charge on any atom is -0.425 e. The molecule has 1 radical (unpaired) electrons. The summed E-state index contributed by atoms with van der Waals surface area (Å²) in [6, 6.07) is 0. The Hall–Kier alpha value is -1.06. The number of ether oxygens (including phenoxy) is 2. The molecule has 0 aromatic rings. The molecule has 0 aliphatic heterocycles. The molecule has 0 saturated carbocycles. The number of carbonyl (C=O) groups excluding carboxylic acids is 2. The van der Waals surface area contributed by atoms with Crippen LogP contribution in [0.3, 0.4) is 0 Å². The van der Waals surface area contributed by atoms with Gasteiger partial charge in [-0.15, -0.1) is 0 Å². The van der Waals surface area contributed by atoms with Gasteiger partial charge in [-0.25, -0.2) is 0 Å². The van der Waals surface area contributed by atoms with Gasteiger partial charge in [0.2, 0.25) is 6.29 Å². The van der Waals surface area contributed by atoms with Crippen LogP contribution in [0, 0.1) is 6.92 Å². The van der Waals surface area contributed by atoms with Crippen molar-refractivity contribution in [3.8, 4) is 0 Å². The Bertz CT molecular complexity index is 125. The molecule has 0 amide bonds. The average Bonchev–Trinajstić information content (AvgIpc) is 1.58. The van der Waals surface area contributed by atoms with Crippen LogP contribution < -0.4 is 0 Å². The largest absolute Gasteiger partial charge is 0.425 e. The van der Waals surface area contributed by atoms with Crippen LogP contribution in [-0.4, -0.2) is 18.2 Å². The molecule has 0 heterocycles. The molecule has 0 unspecified atom stereocenters. The average molecular weight is 145 g/mol. The lowest BCUT2D eigenvalue weighted by atomic mass is 10.7. The molecule has 10 heavy (non-hydrogen) atoms. The van der Waals surface area contributed by atoms with Gasteiger partial charge < -0.3 is 9.47 Å². The Balaban J connectivity index is 3.53. The maximum absolute atomic E-state index is 10.2. The Labute approximate surface area is 59.1 Å². The van der Waals surface area contributed by atoms with Crippen LogP contribution in [0.1, 0.15) is 13.8 Å². The van der Waals surface area contributed by atoms with E-state index < -0.39 is 18.2 Å². The van der Waals surface area contributed by atoms with E-state index in [4.69, 9.17) is 0 Å². The van der Waals surface area contributed by atoms with E-state index in [0.717, 1.165) is 0 Å². The molecule has 0 aliphatic carbocycles. The van der Waals surface area contributed by atoms with E-state index in [2.05, 4.69) is 16.4 Å². The first-order chi connectivity index (χ1) is 4.52. The summed E-state index contributed by atoms with van der Waals surface area (Å²) in [4.78, 5) is 20.4. The fraction of sp³-hybridized carbons (Fsp3) is 0.500. The van der Waals surface area contributed by atoms with E-state index in [0.29, 0.717) is 0 Å². The maximum Gasteiger partial charge on any atom is 0.305 e. The van der Waals surface area contributed by atoms with Crippen molar-refractivity contribution in [3.05, 3.63) is 6.92 Å². The van der Waals surface area contributed by atoms with Crippen molar-refractivity contribution < 1.29 is 19.1 Å². The van der Waals surface area contributed by atoms with Gasteiger partial charge in [-0.05, 0) is 0 Å². The predicted octanol–water partition coefficient (Wildman–Crippen LogP) is 0.273. The lowest BCUT2D eigenvalue weighted by Crippen LogP contribution is -2.18. The molecule has 0 saturated heterocycles. The molecule has 0 rings (SSSR count). The third-order valence-corrected chi connectivity index (χ3v) is 0.595. The molecular weight excluding hydrogens is 136 g/mol. The van der Waals surface area contributed by atoms with E-state index in [-0.39, 0.29) is 0 Å². The van der Waals surface area contributed by atoms with Crippen molar-refractivity contribution in [1.82, 2.24) is 0 Å². The van der Waals surface area contributed by atoms with Crippen LogP contribution in [0.5, 0.6) is 0 Å². The van der Waals surface area contributed by atoms with Crippen LogP contribution in [0.2, 0.25) is 0 Å². The van der Waals surface area contributed by atoms with Crippen molar-refractivity contribution in [2.24, 2.45) is 0 Å². The van der Waals surface area contributed by atoms with Crippen LogP contribution in [0.15, 0.2) is 0 Å². The van der Waals surface area contributed by atoms with Crippen LogP contribution in [0.4, 0.5) is 0 Å². The summed E-state index contributed by atoms with van der Waals surface area (Å²) in [5, 5.41) is 0. The van der Waals surface area contributed by atoms with Gasteiger partial charge in [0, 0.05) is 20.8 Å². The monoisotopic (exact) mass is 145 g/mol. The molecular formula is C6H9O4. The third kappa shape index (κ3) is 5.08. The fourth-order valence-corrected chi connectivity index (χ4v) is 0.394. The molecule has 0 aromatic carbocycles. The Kier molecular flexibility index (Phi) is 3.46. The second-order valence-corrected chi connectivity index (χ2v) is 1.65. The summed E-state index contributed by atoms with van der Waals surface area (Å²) >= 11 is 0. The Morgan fingerprint density at radius 1 is 1.20 bits per heavy atom. The number of hydrogen-bond donors (Lipinski definition) is 0. The highest BCUT2D eigenvalue weighted by Crippen LogP contribution is 1.92. The molecule has 57 valence electrons. The number of hydrogen-bond acceptors (Lipinski definition) is 4. The van der Waals surface area contributed by atoms with Gasteiger partial charge in [0.1, 0.15) is 0 Å². The zero-order chi connectivity index (χ0) is 8.15. The standard InChI is InChI=1S/C6H9O4/c1-4(7)9-6(3)10-5(2)8/h6H,3H2,1-2H3. The van der Waals surface area contributed by atoms with Crippen molar-refractivity contribution in [3.63, 3.8) is 0 Å². The third-order valence-electron chi connectivity index (χ3n) is 0.595. The smallest absolute Gasteiger partial charge is 0.305 e. The number of esters is 2. The second-order valence-electron chi connectivity index (χ2n) is 1.65. The van der Waals surface area contributed by atoms with Crippen molar-refractivity contribution in [1.29, 1.82) is 0 Å². The molecule has 0 bridgehead atoms. The first-order valence-electron chi connectivity index (χ1n) is 2.70. The molecule has 0 aromatic heterocycles. The van der Waals surface area contributed by atoms with Gasteiger partial charge in [-0.1, -0.05) is 0 Å². The van der Waals surface area contributed by atoms with Crippen molar-refractivity contribution in [2.75, 3.05) is 0 Å². The SMILES string of the molecule is [CH2]C(OC(C)=O)OC(C)=O. The molecule has 0 aliphatic rings. The van der Waals surface area contributed by atoms with Crippen molar-refractivity contribution >= 4 is 11.9 Å². The van der Waals surface area contributed by atoms with Gasteiger partial charge in [0.25, 0.3) is 0 Å². The Morgan fingerprint density at radius 3 is 1.70 bits per heavy atom. The second kappa shape index (κ2) is 3.87. The quantitative estimate of drug-likeness (QED) is 0.413. The maximum atomic E-state index is 10.2. The topological polar surface area (TPSA) is 52.6 Å². The summed E-state index contributed by atoms with van der Waals surface area (Å²) in [5.74, 6) is -1.05. The molecule has 0 atom stereocenters. The van der Waals surface area contributed by atoms with E-state index in [1.165, 1.54) is 13.8 Å². The normalized spacial score (nSPS) is 9.20. The highest BCUT2D eigenvalue weighted by atomic mass is 16.7. The lowest BCUT2D eigenvalue weighted by Gasteiger charge is -2.09. The highest BCUT2D eigenvalue weighted by molar-refractivity contribution is 5.68. The Morgan fingerprint density at radius 2 is 1.50 bits per heavy atom. The van der Waals surface area contributed by atoms with Crippen LogP contribution >= 0.6 is 0 Å². The predicted molar refractivity (Wildman–Crippen MR) is 32.7 cm³/mol. The van der Waals surface area contributed by atoms with E-state index in [9.17, 15) is 9.59 Å². The molecule has 4 nitrogen and oxygen atoms in total. The molecule has 0 fully saturated rings. The summed E-state index contributed by atoms with van der Waals surface area (Å²) < 4.78 is 8.74. The minimum absolute atomic E-state index is 0.527. The fourth-order valence-electron chi connectivity index (χ4n) is 0.394. The van der Waals surface area contributed by atoms with E-state index in [1.54, 1.807) is 0 Å². The zero-order valence-electron chi connectivity index (χ0n) is 5.92. The molecule has 4 heteroatoms. The van der Waals surface area contributed by atoms with Crippen LogP contribution in [0.25, 0.3) is 0 Å². The summed E-state index contributed by atoms with van der Waals surface area (Å²) in [7, 11) is 0. The van der Waals surface area contributed by atoms with Gasteiger partial charge in [-0.3, -0.25) is 9.59 Å². The van der Waals surface area contributed by atoms with Crippen molar-refractivity contribution in [2.45, 2.75) is 20.1 Å². The number of rotatable bonds is 2. The molecule has 0 N–H and O–H groups in total. The van der Waals surface area contributed by atoms with Gasteiger partial charge in [-0.2, -0.15) is 0 Å². The van der Waals surface area contributed by atoms with E-state index in [1.807, 2.05) is 0 Å². The summed E-state index contributed by atoms with van der Waals surface area (Å²) in [5.41, 5.74) is 0. The highest BCUT2D eigenvalue weighted by Gasteiger charge is 2.06. The van der Waals surface area contributed by atoms with Gasteiger partial charge in [0.05, 0.1) is 0 Å². The summed E-state index contributed by atoms with van der Waals surface area (Å²) in [6.45, 7) is 5.65. The first kappa shape index (κ1) is 8.94. The summed E-state index contributed by atoms with van der Waals surface area (Å²) in [6.07, 6.45) is -1.03. The van der Waals surface area contributed by atoms with Crippen LogP contribution in [-0.2, 0) is 19.1 Å². The van der Waals surface area contributed by atoms with Gasteiger partial charge in [0.15, 0.2) is 0 Å². The molecule has 0 spiro atoms. The lowest BCUT2D eigenvalue weighted by molar-refractivity contribution is -0.176.